The van der Waals surface area contributed by atoms with E-state index >= 15 is 4.39 Å². The number of carbonyl (C=O) groups excluding carboxylic acids is 3. The summed E-state index contributed by atoms with van der Waals surface area (Å²) in [7, 11) is 0. The van der Waals surface area contributed by atoms with Crippen LogP contribution in [0.15, 0.2) is 42.5 Å². The zero-order valence-corrected chi connectivity index (χ0v) is 24.0. The Hall–Kier alpha value is -3.47. The number of hydrogen-bond acceptors (Lipinski definition) is 4. The first-order chi connectivity index (χ1) is 20.4. The number of anilines is 1. The molecule has 1 saturated heterocycles. The van der Waals surface area contributed by atoms with E-state index in [0.29, 0.717) is 30.4 Å². The highest BCUT2D eigenvalue weighted by Gasteiger charge is 2.41. The summed E-state index contributed by atoms with van der Waals surface area (Å²) in [5, 5.41) is 16.9. The molecule has 7 nitrogen and oxygen atoms in total. The predicted molar refractivity (Wildman–Crippen MR) is 152 cm³/mol. The number of aliphatic hydroxyl groups is 1. The molecule has 1 aliphatic heterocycles. The van der Waals surface area contributed by atoms with Crippen LogP contribution in [0.3, 0.4) is 0 Å². The molecule has 11 heteroatoms. The molecule has 3 fully saturated rings. The number of hydrogen-bond donors (Lipinski definition) is 3. The van der Waals surface area contributed by atoms with Crippen molar-refractivity contribution in [2.45, 2.75) is 82.7 Å². The first kappa shape index (κ1) is 31.0. The van der Waals surface area contributed by atoms with Crippen molar-refractivity contribution in [3.05, 3.63) is 65.0 Å². The molecule has 3 unspecified atom stereocenters. The Morgan fingerprint density at radius 1 is 1.12 bits per heavy atom. The quantitative estimate of drug-likeness (QED) is 0.333. The van der Waals surface area contributed by atoms with Crippen molar-refractivity contribution in [3.8, 4) is 0 Å². The molecule has 5 rings (SSSR count). The van der Waals surface area contributed by atoms with Crippen molar-refractivity contribution < 1.29 is 37.1 Å². The maximum atomic E-state index is 15.6. The Kier molecular flexibility index (Phi) is 9.10. The highest BCUT2D eigenvalue weighted by atomic mass is 19.4. The number of aliphatic hydroxyl groups excluding tert-OH is 1. The van der Waals surface area contributed by atoms with Crippen LogP contribution in [-0.2, 0) is 22.2 Å². The van der Waals surface area contributed by atoms with Crippen molar-refractivity contribution >= 4 is 23.4 Å². The molecule has 232 valence electrons. The Bertz CT molecular complexity index is 1350. The van der Waals surface area contributed by atoms with Gasteiger partial charge in [-0.1, -0.05) is 43.7 Å². The molecular formula is C32H37F4N3O4. The van der Waals surface area contributed by atoms with Crippen LogP contribution < -0.4 is 15.5 Å². The van der Waals surface area contributed by atoms with Crippen LogP contribution in [0.1, 0.15) is 73.4 Å². The summed E-state index contributed by atoms with van der Waals surface area (Å²) in [5.41, 5.74) is -2.02. The fourth-order valence-electron chi connectivity index (χ4n) is 6.81. The lowest BCUT2D eigenvalue weighted by atomic mass is 9.91. The summed E-state index contributed by atoms with van der Waals surface area (Å²) in [4.78, 5) is 39.6. The summed E-state index contributed by atoms with van der Waals surface area (Å²) in [6.07, 6.45) is -1.32. The van der Waals surface area contributed by atoms with Gasteiger partial charge in [-0.3, -0.25) is 14.4 Å². The van der Waals surface area contributed by atoms with Gasteiger partial charge in [-0.15, -0.1) is 0 Å². The monoisotopic (exact) mass is 603 g/mol. The van der Waals surface area contributed by atoms with Crippen LogP contribution in [0, 0.1) is 23.6 Å². The number of alkyl halides is 3. The van der Waals surface area contributed by atoms with E-state index in [-0.39, 0.29) is 37.8 Å². The molecule has 3 N–H and O–H groups in total. The van der Waals surface area contributed by atoms with Crippen molar-refractivity contribution in [1.82, 2.24) is 10.6 Å². The topological polar surface area (TPSA) is 98.7 Å². The molecule has 2 saturated carbocycles. The fraction of sp³-hybridized carbons (Fsp3) is 0.531. The lowest BCUT2D eigenvalue weighted by Gasteiger charge is -2.28. The molecule has 2 bridgehead atoms. The highest BCUT2D eigenvalue weighted by molar-refractivity contribution is 6.00. The number of nitrogens with zero attached hydrogens (tertiary/aromatic N) is 1. The second-order valence-electron chi connectivity index (χ2n) is 12.3. The predicted octanol–water partition coefficient (Wildman–Crippen LogP) is 5.00. The molecular weight excluding hydrogens is 566 g/mol. The van der Waals surface area contributed by atoms with Crippen LogP contribution >= 0.6 is 0 Å². The van der Waals surface area contributed by atoms with Crippen LogP contribution in [0.25, 0.3) is 0 Å². The van der Waals surface area contributed by atoms with Gasteiger partial charge in [-0.2, -0.15) is 13.2 Å². The van der Waals surface area contributed by atoms with E-state index in [9.17, 15) is 32.7 Å². The number of carbonyl (C=O) groups is 3. The summed E-state index contributed by atoms with van der Waals surface area (Å²) in [6, 6.07) is 8.88. The van der Waals surface area contributed by atoms with E-state index in [0.717, 1.165) is 29.7 Å². The third-order valence-electron chi connectivity index (χ3n) is 9.18. The average Bonchev–Trinajstić information content (AvgIpc) is 3.70. The molecule has 3 aliphatic rings. The second-order valence-corrected chi connectivity index (χ2v) is 12.3. The van der Waals surface area contributed by atoms with Gasteiger partial charge in [-0.25, -0.2) is 4.39 Å². The normalized spacial score (nSPS) is 23.7. The van der Waals surface area contributed by atoms with Crippen LogP contribution in [-0.4, -0.2) is 47.6 Å². The summed E-state index contributed by atoms with van der Waals surface area (Å²) >= 11 is 0. The second kappa shape index (κ2) is 12.6. The molecule has 2 aliphatic carbocycles. The molecule has 0 spiro atoms. The Labute approximate surface area is 248 Å². The van der Waals surface area contributed by atoms with E-state index in [2.05, 4.69) is 10.6 Å². The van der Waals surface area contributed by atoms with Crippen LogP contribution in [0.5, 0.6) is 0 Å². The molecule has 0 radical (unpaired) electrons. The Morgan fingerprint density at radius 3 is 2.47 bits per heavy atom. The van der Waals surface area contributed by atoms with Gasteiger partial charge in [0.1, 0.15) is 0 Å². The number of rotatable bonds is 10. The number of nitrogens with one attached hydrogen (secondary N) is 2. The van der Waals surface area contributed by atoms with Crippen molar-refractivity contribution in [1.29, 1.82) is 0 Å². The molecule has 43 heavy (non-hydrogen) atoms. The van der Waals surface area contributed by atoms with Crippen molar-refractivity contribution in [2.75, 3.05) is 11.4 Å². The SMILES string of the molecule is C[C@H](C[C@@H](O)[C@H](Cc1ccccc1)NC(=O)c1cc(C(F)(F)F)cc(N2CCCC2=O)c1F)C(=O)NC1CC2CCC1C2. The van der Waals surface area contributed by atoms with Crippen LogP contribution in [0.4, 0.5) is 23.2 Å². The molecule has 0 aromatic heterocycles. The van der Waals surface area contributed by atoms with Gasteiger partial charge >= 0.3 is 6.18 Å². The number of amides is 3. The maximum Gasteiger partial charge on any atom is 0.416 e. The average molecular weight is 604 g/mol. The van der Waals surface area contributed by atoms with Gasteiger partial charge in [0.2, 0.25) is 11.8 Å². The zero-order valence-electron chi connectivity index (χ0n) is 24.0. The zero-order chi connectivity index (χ0) is 30.9. The molecule has 6 atom stereocenters. The van der Waals surface area contributed by atoms with E-state index in [1.54, 1.807) is 37.3 Å². The smallest absolute Gasteiger partial charge is 0.391 e. The minimum absolute atomic E-state index is 0.0248. The van der Waals surface area contributed by atoms with Gasteiger partial charge in [0.05, 0.1) is 29.0 Å². The van der Waals surface area contributed by atoms with Gasteiger partial charge in [0.25, 0.3) is 5.91 Å². The maximum absolute atomic E-state index is 15.6. The summed E-state index contributed by atoms with van der Waals surface area (Å²) in [6.45, 7) is 1.72. The summed E-state index contributed by atoms with van der Waals surface area (Å²) < 4.78 is 57.0. The minimum atomic E-state index is -4.90. The molecule has 3 amide bonds. The first-order valence-corrected chi connectivity index (χ1v) is 14.9. The van der Waals surface area contributed by atoms with E-state index < -0.39 is 58.7 Å². The number of halogens is 4. The molecule has 2 aromatic rings. The lowest BCUT2D eigenvalue weighted by Crippen LogP contribution is -2.47. The standard InChI is InChI=1S/C32H37F4N3O4/c1-18(30(42)37-24-15-20-9-10-21(24)13-20)12-27(40)25(14-19-6-3-2-4-7-19)38-31(43)23-16-22(32(34,35)36)17-26(29(23)33)39-11-5-8-28(39)41/h2-4,6-7,16-18,20-21,24-25,27,40H,5,8-15H2,1H3,(H,37,42)(H,38,43)/t18-,20?,21?,24?,25+,27-/m1/s1. The molecule has 1 heterocycles. The minimum Gasteiger partial charge on any atom is -0.391 e. The summed E-state index contributed by atoms with van der Waals surface area (Å²) in [5.74, 6) is -2.63. The first-order valence-electron chi connectivity index (χ1n) is 14.9. The Morgan fingerprint density at radius 2 is 1.86 bits per heavy atom. The van der Waals surface area contributed by atoms with Gasteiger partial charge in [-0.05, 0) is 68.1 Å². The number of fused-ring (bicyclic) bond motifs is 2. The van der Waals surface area contributed by atoms with Gasteiger partial charge in [0.15, 0.2) is 5.82 Å². The highest BCUT2D eigenvalue weighted by Crippen LogP contribution is 2.44. The van der Waals surface area contributed by atoms with Crippen molar-refractivity contribution in [2.24, 2.45) is 17.8 Å². The number of benzene rings is 2. The lowest BCUT2D eigenvalue weighted by molar-refractivity contribution is -0.137. The largest absolute Gasteiger partial charge is 0.416 e. The van der Waals surface area contributed by atoms with Gasteiger partial charge in [0, 0.05) is 24.9 Å². The third-order valence-corrected chi connectivity index (χ3v) is 9.18. The third kappa shape index (κ3) is 7.03. The van der Waals surface area contributed by atoms with Gasteiger partial charge < -0.3 is 20.6 Å². The van der Waals surface area contributed by atoms with E-state index in [1.807, 2.05) is 0 Å². The molecule has 2 aromatic carbocycles. The van der Waals surface area contributed by atoms with E-state index in [4.69, 9.17) is 0 Å². The van der Waals surface area contributed by atoms with Crippen LogP contribution in [0.2, 0.25) is 0 Å². The van der Waals surface area contributed by atoms with Crippen molar-refractivity contribution in [3.63, 3.8) is 0 Å². The fourth-order valence-corrected chi connectivity index (χ4v) is 6.81. The Balaban J connectivity index is 1.36. The van der Waals surface area contributed by atoms with E-state index in [1.165, 1.54) is 6.42 Å².